The number of hydrogen-bond acceptors (Lipinski definition) is 4. The summed E-state index contributed by atoms with van der Waals surface area (Å²) in [6.07, 6.45) is 4.56. The van der Waals surface area contributed by atoms with Crippen LogP contribution >= 0.6 is 0 Å². The summed E-state index contributed by atoms with van der Waals surface area (Å²) in [7, 11) is 0. The van der Waals surface area contributed by atoms with E-state index in [9.17, 15) is 19.5 Å². The average Bonchev–Trinajstić information content (AvgIpc) is 3.46. The highest BCUT2D eigenvalue weighted by atomic mass is 16.5. The Hall–Kier alpha value is -3.35. The SMILES string of the molecule is O=C(CCNC(=O)OCC1c2ccccc2-c2ccccc21)NCC(CC1CCCC1)C(=O)O. The highest BCUT2D eigenvalue weighted by Gasteiger charge is 2.29. The maximum absolute atomic E-state index is 12.2. The second-order valence-corrected chi connectivity index (χ2v) is 9.23. The summed E-state index contributed by atoms with van der Waals surface area (Å²) in [6, 6.07) is 16.3. The highest BCUT2D eigenvalue weighted by molar-refractivity contribution is 5.79. The zero-order chi connectivity index (χ0) is 23.9. The van der Waals surface area contributed by atoms with Gasteiger partial charge in [-0.2, -0.15) is 0 Å². The van der Waals surface area contributed by atoms with Crippen LogP contribution in [0.15, 0.2) is 48.5 Å². The predicted octanol–water partition coefficient (Wildman–Crippen LogP) is 4.31. The molecule has 0 spiro atoms. The van der Waals surface area contributed by atoms with Gasteiger partial charge < -0.3 is 20.5 Å². The molecule has 1 atom stereocenters. The average molecular weight is 465 g/mol. The maximum atomic E-state index is 12.2. The number of carboxylic acid groups (broad SMARTS) is 1. The molecule has 4 rings (SSSR count). The first kappa shape index (κ1) is 23.8. The number of amides is 2. The molecule has 2 aromatic carbocycles. The third kappa shape index (κ3) is 5.76. The van der Waals surface area contributed by atoms with Crippen LogP contribution in [0.3, 0.4) is 0 Å². The van der Waals surface area contributed by atoms with Crippen molar-refractivity contribution in [2.75, 3.05) is 19.7 Å². The van der Waals surface area contributed by atoms with Gasteiger partial charge in [0.05, 0.1) is 5.92 Å². The molecule has 180 valence electrons. The van der Waals surface area contributed by atoms with Crippen molar-refractivity contribution in [3.05, 3.63) is 59.7 Å². The minimum absolute atomic E-state index is 0.0192. The molecule has 2 aliphatic carbocycles. The molecule has 0 radical (unpaired) electrons. The number of hydrogen-bond donors (Lipinski definition) is 3. The van der Waals surface area contributed by atoms with Crippen molar-refractivity contribution in [3.63, 3.8) is 0 Å². The predicted molar refractivity (Wildman–Crippen MR) is 128 cm³/mol. The van der Waals surface area contributed by atoms with Gasteiger partial charge in [-0.05, 0) is 34.6 Å². The number of ether oxygens (including phenoxy) is 1. The molecular weight excluding hydrogens is 432 g/mol. The molecule has 0 aromatic heterocycles. The van der Waals surface area contributed by atoms with E-state index in [2.05, 4.69) is 34.9 Å². The number of carboxylic acids is 1. The molecule has 34 heavy (non-hydrogen) atoms. The molecule has 1 fully saturated rings. The van der Waals surface area contributed by atoms with Crippen molar-refractivity contribution < 1.29 is 24.2 Å². The molecule has 2 aliphatic rings. The Kier molecular flexibility index (Phi) is 7.83. The van der Waals surface area contributed by atoms with Crippen LogP contribution in [-0.4, -0.2) is 42.8 Å². The lowest BCUT2D eigenvalue weighted by atomic mass is 9.93. The Labute approximate surface area is 199 Å². The number of fused-ring (bicyclic) bond motifs is 3. The van der Waals surface area contributed by atoms with E-state index in [-0.39, 0.29) is 37.9 Å². The minimum Gasteiger partial charge on any atom is -0.481 e. The number of carbonyl (C=O) groups excluding carboxylic acids is 2. The normalized spacial score (nSPS) is 15.9. The summed E-state index contributed by atoms with van der Waals surface area (Å²) >= 11 is 0. The maximum Gasteiger partial charge on any atom is 0.407 e. The number of benzene rings is 2. The van der Waals surface area contributed by atoms with Crippen molar-refractivity contribution in [1.82, 2.24) is 10.6 Å². The first-order valence-corrected chi connectivity index (χ1v) is 12.1. The Morgan fingerprint density at radius 1 is 0.941 bits per heavy atom. The monoisotopic (exact) mass is 464 g/mol. The van der Waals surface area contributed by atoms with E-state index in [0.29, 0.717) is 12.3 Å². The van der Waals surface area contributed by atoms with Gasteiger partial charge in [0.25, 0.3) is 0 Å². The second kappa shape index (κ2) is 11.2. The number of aliphatic carboxylic acids is 1. The van der Waals surface area contributed by atoms with Gasteiger partial charge in [-0.3, -0.25) is 9.59 Å². The first-order valence-electron chi connectivity index (χ1n) is 12.1. The minimum atomic E-state index is -0.871. The number of carbonyl (C=O) groups is 3. The molecule has 0 bridgehead atoms. The van der Waals surface area contributed by atoms with Crippen molar-refractivity contribution in [3.8, 4) is 11.1 Å². The largest absolute Gasteiger partial charge is 0.481 e. The number of alkyl carbamates (subject to hydrolysis) is 1. The molecule has 2 amide bonds. The van der Waals surface area contributed by atoms with E-state index in [1.165, 1.54) is 0 Å². The van der Waals surface area contributed by atoms with Gasteiger partial charge in [-0.25, -0.2) is 4.79 Å². The van der Waals surface area contributed by atoms with Gasteiger partial charge in [-0.1, -0.05) is 74.2 Å². The van der Waals surface area contributed by atoms with Crippen LogP contribution in [-0.2, 0) is 14.3 Å². The third-order valence-corrected chi connectivity index (χ3v) is 6.95. The van der Waals surface area contributed by atoms with Crippen LogP contribution in [0, 0.1) is 11.8 Å². The van der Waals surface area contributed by atoms with E-state index in [4.69, 9.17) is 4.74 Å². The molecule has 7 heteroatoms. The van der Waals surface area contributed by atoms with Gasteiger partial charge >= 0.3 is 12.1 Å². The highest BCUT2D eigenvalue weighted by Crippen LogP contribution is 2.44. The number of nitrogens with one attached hydrogen (secondary N) is 2. The summed E-state index contributed by atoms with van der Waals surface area (Å²) in [4.78, 5) is 35.9. The fourth-order valence-electron chi connectivity index (χ4n) is 5.17. The molecule has 1 unspecified atom stereocenters. The topological polar surface area (TPSA) is 105 Å². The van der Waals surface area contributed by atoms with E-state index in [0.717, 1.165) is 47.9 Å². The standard InChI is InChI=1S/C27H32N2O5/c30-25(29-16-19(26(31)32)15-18-7-1-2-8-18)13-14-28-27(33)34-17-24-22-11-5-3-9-20(22)21-10-4-6-12-23(21)24/h3-6,9-12,18-19,24H,1-2,7-8,13-17H2,(H,28,33)(H,29,30)(H,31,32). The van der Waals surface area contributed by atoms with Crippen molar-refractivity contribution in [1.29, 1.82) is 0 Å². The van der Waals surface area contributed by atoms with Crippen molar-refractivity contribution in [2.24, 2.45) is 11.8 Å². The summed E-state index contributed by atoms with van der Waals surface area (Å²) in [5.74, 6) is -1.30. The fourth-order valence-corrected chi connectivity index (χ4v) is 5.17. The molecule has 1 saturated carbocycles. The van der Waals surface area contributed by atoms with Gasteiger partial charge in [0.2, 0.25) is 5.91 Å². The molecular formula is C27H32N2O5. The Bertz CT molecular complexity index is 986. The van der Waals surface area contributed by atoms with E-state index >= 15 is 0 Å². The van der Waals surface area contributed by atoms with Crippen molar-refractivity contribution >= 4 is 18.0 Å². The van der Waals surface area contributed by atoms with E-state index in [1.807, 2.05) is 24.3 Å². The molecule has 3 N–H and O–H groups in total. The quantitative estimate of drug-likeness (QED) is 0.486. The third-order valence-electron chi connectivity index (χ3n) is 6.95. The fraction of sp³-hybridized carbons (Fsp3) is 0.444. The summed E-state index contributed by atoms with van der Waals surface area (Å²) in [5.41, 5.74) is 4.61. The lowest BCUT2D eigenvalue weighted by molar-refractivity contribution is -0.142. The molecule has 7 nitrogen and oxygen atoms in total. The van der Waals surface area contributed by atoms with Crippen LogP contribution in [0.25, 0.3) is 11.1 Å². The van der Waals surface area contributed by atoms with Crippen LogP contribution < -0.4 is 10.6 Å². The first-order chi connectivity index (χ1) is 16.5. The lowest BCUT2D eigenvalue weighted by Gasteiger charge is -2.17. The van der Waals surface area contributed by atoms with Crippen LogP contribution in [0.4, 0.5) is 4.79 Å². The zero-order valence-electron chi connectivity index (χ0n) is 19.3. The Morgan fingerprint density at radius 3 is 2.18 bits per heavy atom. The molecule has 2 aromatic rings. The summed E-state index contributed by atoms with van der Waals surface area (Å²) in [5, 5.41) is 14.8. The smallest absolute Gasteiger partial charge is 0.407 e. The van der Waals surface area contributed by atoms with Crippen LogP contribution in [0.2, 0.25) is 0 Å². The van der Waals surface area contributed by atoms with Gasteiger partial charge in [0.1, 0.15) is 6.61 Å². The molecule has 0 saturated heterocycles. The van der Waals surface area contributed by atoms with Crippen molar-refractivity contribution in [2.45, 2.75) is 44.4 Å². The van der Waals surface area contributed by atoms with E-state index in [1.54, 1.807) is 0 Å². The van der Waals surface area contributed by atoms with Gasteiger partial charge in [0.15, 0.2) is 0 Å². The second-order valence-electron chi connectivity index (χ2n) is 9.23. The summed E-state index contributed by atoms with van der Waals surface area (Å²) < 4.78 is 5.47. The molecule has 0 aliphatic heterocycles. The van der Waals surface area contributed by atoms with Crippen LogP contribution in [0.5, 0.6) is 0 Å². The summed E-state index contributed by atoms with van der Waals surface area (Å²) in [6.45, 7) is 0.464. The Balaban J connectivity index is 1.18. The van der Waals surface area contributed by atoms with Gasteiger partial charge in [0, 0.05) is 25.4 Å². The van der Waals surface area contributed by atoms with E-state index < -0.39 is 18.0 Å². The van der Waals surface area contributed by atoms with Gasteiger partial charge in [-0.15, -0.1) is 0 Å². The molecule has 0 heterocycles. The number of rotatable bonds is 10. The Morgan fingerprint density at radius 2 is 1.56 bits per heavy atom. The zero-order valence-corrected chi connectivity index (χ0v) is 19.3. The van der Waals surface area contributed by atoms with Crippen LogP contribution in [0.1, 0.15) is 55.6 Å². The lowest BCUT2D eigenvalue weighted by Crippen LogP contribution is -2.36.